The second-order valence-electron chi connectivity index (χ2n) is 6.76. The molecule has 5 heteroatoms. The van der Waals surface area contributed by atoms with Gasteiger partial charge in [0.05, 0.1) is 7.11 Å². The third-order valence-corrected chi connectivity index (χ3v) is 4.74. The first-order valence-electron chi connectivity index (χ1n) is 9.13. The van der Waals surface area contributed by atoms with Gasteiger partial charge in [0.1, 0.15) is 24.2 Å². The maximum absolute atomic E-state index is 10.3. The van der Waals surface area contributed by atoms with Crippen LogP contribution < -0.4 is 14.4 Å². The summed E-state index contributed by atoms with van der Waals surface area (Å²) in [5.74, 6) is 1.54. The first-order chi connectivity index (χ1) is 12.6. The number of methoxy groups -OCH3 is 1. The van der Waals surface area contributed by atoms with Crippen molar-refractivity contribution >= 4 is 5.69 Å². The highest BCUT2D eigenvalue weighted by atomic mass is 16.5. The monoisotopic (exact) mass is 356 g/mol. The molecule has 0 bridgehead atoms. The number of ether oxygens (including phenoxy) is 2. The van der Waals surface area contributed by atoms with Crippen LogP contribution in [0, 0.1) is 6.92 Å². The summed E-state index contributed by atoms with van der Waals surface area (Å²) in [5, 5.41) is 10.3. The maximum atomic E-state index is 10.3. The zero-order valence-corrected chi connectivity index (χ0v) is 15.6. The molecule has 1 unspecified atom stereocenters. The number of anilines is 1. The van der Waals surface area contributed by atoms with Gasteiger partial charge in [-0.05, 0) is 43.3 Å². The van der Waals surface area contributed by atoms with E-state index in [0.29, 0.717) is 13.2 Å². The van der Waals surface area contributed by atoms with E-state index in [0.717, 1.165) is 37.7 Å². The van der Waals surface area contributed by atoms with Gasteiger partial charge in [-0.2, -0.15) is 0 Å². The third kappa shape index (κ3) is 5.13. The number of rotatable bonds is 7. The van der Waals surface area contributed by atoms with Crippen LogP contribution in [0.15, 0.2) is 48.5 Å². The standard InChI is InChI=1S/C21H28N2O3/c1-17-3-5-18(6-4-17)23-13-11-22(12-14-23)15-19(24)16-26-21-9-7-20(25-2)8-10-21/h3-10,19,24H,11-16H2,1-2H3. The fraction of sp³-hybridized carbons (Fsp3) is 0.429. The molecule has 0 aliphatic carbocycles. The average molecular weight is 356 g/mol. The molecule has 1 saturated heterocycles. The minimum atomic E-state index is -0.497. The largest absolute Gasteiger partial charge is 0.497 e. The minimum absolute atomic E-state index is 0.296. The van der Waals surface area contributed by atoms with Gasteiger partial charge >= 0.3 is 0 Å². The Balaban J connectivity index is 1.40. The molecule has 1 N–H and O–H groups in total. The smallest absolute Gasteiger partial charge is 0.119 e. The Bertz CT molecular complexity index is 665. The van der Waals surface area contributed by atoms with Gasteiger partial charge < -0.3 is 19.5 Å². The number of piperazine rings is 1. The van der Waals surface area contributed by atoms with Crippen LogP contribution in [0.5, 0.6) is 11.5 Å². The molecule has 0 spiro atoms. The Kier molecular flexibility index (Phi) is 6.36. The van der Waals surface area contributed by atoms with Crippen molar-refractivity contribution in [1.29, 1.82) is 0 Å². The Morgan fingerprint density at radius 1 is 0.923 bits per heavy atom. The van der Waals surface area contributed by atoms with Crippen molar-refractivity contribution in [2.24, 2.45) is 0 Å². The SMILES string of the molecule is COc1ccc(OCC(O)CN2CCN(c3ccc(C)cc3)CC2)cc1. The fourth-order valence-electron chi connectivity index (χ4n) is 3.16. The first kappa shape index (κ1) is 18.5. The number of hydrogen-bond acceptors (Lipinski definition) is 5. The van der Waals surface area contributed by atoms with Crippen LogP contribution in [0.4, 0.5) is 5.69 Å². The van der Waals surface area contributed by atoms with Gasteiger partial charge in [0, 0.05) is 38.4 Å². The van der Waals surface area contributed by atoms with Crippen LogP contribution >= 0.6 is 0 Å². The van der Waals surface area contributed by atoms with E-state index in [4.69, 9.17) is 9.47 Å². The third-order valence-electron chi connectivity index (χ3n) is 4.74. The topological polar surface area (TPSA) is 45.2 Å². The molecule has 1 aliphatic rings. The van der Waals surface area contributed by atoms with Crippen molar-refractivity contribution in [3.05, 3.63) is 54.1 Å². The lowest BCUT2D eigenvalue weighted by atomic mass is 10.2. The summed E-state index contributed by atoms with van der Waals surface area (Å²) < 4.78 is 10.8. The highest BCUT2D eigenvalue weighted by Gasteiger charge is 2.19. The van der Waals surface area contributed by atoms with Crippen molar-refractivity contribution in [1.82, 2.24) is 4.90 Å². The second-order valence-corrected chi connectivity index (χ2v) is 6.76. The number of benzene rings is 2. The van der Waals surface area contributed by atoms with Crippen molar-refractivity contribution in [2.75, 3.05) is 51.3 Å². The van der Waals surface area contributed by atoms with E-state index in [9.17, 15) is 5.11 Å². The average Bonchev–Trinajstić information content (AvgIpc) is 2.68. The number of aliphatic hydroxyl groups is 1. The zero-order valence-electron chi connectivity index (χ0n) is 15.6. The second kappa shape index (κ2) is 8.92. The van der Waals surface area contributed by atoms with Gasteiger partial charge in [-0.15, -0.1) is 0 Å². The molecule has 1 aliphatic heterocycles. The van der Waals surface area contributed by atoms with E-state index in [1.54, 1.807) is 7.11 Å². The van der Waals surface area contributed by atoms with Crippen LogP contribution in [0.25, 0.3) is 0 Å². The molecule has 5 nitrogen and oxygen atoms in total. The van der Waals surface area contributed by atoms with Gasteiger partial charge in [-0.3, -0.25) is 4.90 Å². The number of nitrogens with zero attached hydrogens (tertiary/aromatic N) is 2. The molecule has 2 aromatic rings. The van der Waals surface area contributed by atoms with Crippen LogP contribution in [0.2, 0.25) is 0 Å². The maximum Gasteiger partial charge on any atom is 0.119 e. The molecule has 0 aromatic heterocycles. The van der Waals surface area contributed by atoms with Gasteiger partial charge in [0.15, 0.2) is 0 Å². The predicted molar refractivity (Wildman–Crippen MR) is 104 cm³/mol. The van der Waals surface area contributed by atoms with Gasteiger partial charge in [0.2, 0.25) is 0 Å². The number of hydrogen-bond donors (Lipinski definition) is 1. The normalized spacial score (nSPS) is 16.3. The Morgan fingerprint density at radius 3 is 2.15 bits per heavy atom. The molecule has 140 valence electrons. The fourth-order valence-corrected chi connectivity index (χ4v) is 3.16. The Morgan fingerprint density at radius 2 is 1.54 bits per heavy atom. The van der Waals surface area contributed by atoms with Gasteiger partial charge in [-0.1, -0.05) is 17.7 Å². The highest BCUT2D eigenvalue weighted by molar-refractivity contribution is 5.47. The molecule has 1 heterocycles. The van der Waals surface area contributed by atoms with E-state index in [2.05, 4.69) is 41.0 Å². The quantitative estimate of drug-likeness (QED) is 0.826. The number of β-amino-alcohol motifs (C(OH)–C–C–N with tert-alkyl or cyclic N) is 1. The number of aryl methyl sites for hydroxylation is 1. The van der Waals surface area contributed by atoms with Gasteiger partial charge in [-0.25, -0.2) is 0 Å². The zero-order chi connectivity index (χ0) is 18.4. The lowest BCUT2D eigenvalue weighted by Gasteiger charge is -2.36. The lowest BCUT2D eigenvalue weighted by Crippen LogP contribution is -2.49. The Hall–Kier alpha value is -2.24. The van der Waals surface area contributed by atoms with Crippen LogP contribution in [-0.2, 0) is 0 Å². The summed E-state index contributed by atoms with van der Waals surface area (Å²) in [4.78, 5) is 4.70. The van der Waals surface area contributed by atoms with E-state index < -0.39 is 6.10 Å². The number of aliphatic hydroxyl groups excluding tert-OH is 1. The highest BCUT2D eigenvalue weighted by Crippen LogP contribution is 2.18. The minimum Gasteiger partial charge on any atom is -0.497 e. The molecular formula is C21H28N2O3. The predicted octanol–water partition coefficient (Wildman–Crippen LogP) is 2.57. The molecule has 3 rings (SSSR count). The molecule has 2 aromatic carbocycles. The summed E-state index contributed by atoms with van der Waals surface area (Å²) >= 11 is 0. The first-order valence-corrected chi connectivity index (χ1v) is 9.13. The molecule has 26 heavy (non-hydrogen) atoms. The van der Waals surface area contributed by atoms with Crippen LogP contribution in [0.1, 0.15) is 5.56 Å². The van der Waals surface area contributed by atoms with Crippen molar-refractivity contribution in [2.45, 2.75) is 13.0 Å². The lowest BCUT2D eigenvalue weighted by molar-refractivity contribution is 0.0663. The summed E-state index contributed by atoms with van der Waals surface area (Å²) in [6.45, 7) is 6.91. The molecule has 1 fully saturated rings. The van der Waals surface area contributed by atoms with Crippen LogP contribution in [-0.4, -0.2) is 62.6 Å². The van der Waals surface area contributed by atoms with E-state index in [-0.39, 0.29) is 0 Å². The molecular weight excluding hydrogens is 328 g/mol. The van der Waals surface area contributed by atoms with Crippen LogP contribution in [0.3, 0.4) is 0 Å². The van der Waals surface area contributed by atoms with Crippen molar-refractivity contribution in [3.8, 4) is 11.5 Å². The molecule has 0 saturated carbocycles. The summed E-state index contributed by atoms with van der Waals surface area (Å²) in [6.07, 6.45) is -0.497. The van der Waals surface area contributed by atoms with Crippen molar-refractivity contribution < 1.29 is 14.6 Å². The molecule has 0 radical (unpaired) electrons. The summed E-state index contributed by atoms with van der Waals surface area (Å²) in [7, 11) is 1.64. The van der Waals surface area contributed by atoms with Crippen molar-refractivity contribution in [3.63, 3.8) is 0 Å². The van der Waals surface area contributed by atoms with E-state index in [1.807, 2.05) is 24.3 Å². The molecule has 1 atom stereocenters. The van der Waals surface area contributed by atoms with E-state index >= 15 is 0 Å². The summed E-state index contributed by atoms with van der Waals surface area (Å²) in [6, 6.07) is 16.1. The molecule has 0 amide bonds. The van der Waals surface area contributed by atoms with Gasteiger partial charge in [0.25, 0.3) is 0 Å². The van der Waals surface area contributed by atoms with E-state index in [1.165, 1.54) is 11.3 Å². The Labute approximate surface area is 155 Å². The summed E-state index contributed by atoms with van der Waals surface area (Å²) in [5.41, 5.74) is 2.56.